The number of aromatic nitrogens is 2. The Morgan fingerprint density at radius 1 is 1.23 bits per heavy atom. The molecule has 22 heavy (non-hydrogen) atoms. The Morgan fingerprint density at radius 2 is 1.86 bits per heavy atom. The first kappa shape index (κ1) is 17.1. The Labute approximate surface area is 141 Å². The molecule has 0 aliphatic carbocycles. The summed E-state index contributed by atoms with van der Waals surface area (Å²) < 4.78 is 7.96. The molecule has 1 aromatic carbocycles. The molecule has 1 aromatic heterocycles. The van der Waals surface area contributed by atoms with Crippen molar-refractivity contribution in [1.82, 2.24) is 9.78 Å². The predicted molar refractivity (Wildman–Crippen MR) is 91.3 cm³/mol. The van der Waals surface area contributed by atoms with Crippen LogP contribution in [-0.4, -0.2) is 16.3 Å². The third-order valence-corrected chi connectivity index (χ3v) is 3.75. The highest BCUT2D eigenvalue weighted by atomic mass is 35.5. The summed E-state index contributed by atoms with van der Waals surface area (Å²) in [6, 6.07) is 5.35. The molecule has 0 fully saturated rings. The summed E-state index contributed by atoms with van der Waals surface area (Å²) in [7, 11) is 0. The normalized spacial score (nSPS) is 11.2. The topological polar surface area (TPSA) is 53.1 Å². The van der Waals surface area contributed by atoms with Crippen LogP contribution in [0.4, 0.5) is 0 Å². The minimum atomic E-state index is 0.182. The Hall–Kier alpha value is -1.23. The fourth-order valence-electron chi connectivity index (χ4n) is 2.35. The molecule has 1 heterocycles. The van der Waals surface area contributed by atoms with Crippen molar-refractivity contribution in [3.05, 3.63) is 39.5 Å². The molecule has 0 aliphatic heterocycles. The molecule has 6 heteroatoms. The lowest BCUT2D eigenvalue weighted by Gasteiger charge is -2.13. The number of hydrogen-bond donors (Lipinski definition) is 1. The van der Waals surface area contributed by atoms with E-state index in [4.69, 9.17) is 33.7 Å². The Bertz CT molecular complexity index is 633. The fraction of sp³-hybridized carbons (Fsp3) is 0.438. The average molecular weight is 342 g/mol. The summed E-state index contributed by atoms with van der Waals surface area (Å²) in [5.41, 5.74) is 7.75. The molecule has 2 N–H and O–H groups in total. The first-order chi connectivity index (χ1) is 10.5. The molecular formula is C16H21Cl2N3O. The van der Waals surface area contributed by atoms with Crippen LogP contribution >= 0.6 is 23.2 Å². The number of hydrogen-bond acceptors (Lipinski definition) is 3. The molecule has 2 aromatic rings. The SMILES string of the molecule is CCc1c(CCN)nn(C(C)C)c1Oc1cc(Cl)cc(Cl)c1. The molecule has 0 aliphatic rings. The Morgan fingerprint density at radius 3 is 2.36 bits per heavy atom. The third kappa shape index (κ3) is 3.75. The van der Waals surface area contributed by atoms with Gasteiger partial charge < -0.3 is 10.5 Å². The molecule has 0 bridgehead atoms. The molecule has 0 atom stereocenters. The van der Waals surface area contributed by atoms with Crippen molar-refractivity contribution < 1.29 is 4.74 Å². The Kier molecular flexibility index (Phi) is 5.73. The van der Waals surface area contributed by atoms with E-state index >= 15 is 0 Å². The van der Waals surface area contributed by atoms with E-state index in [2.05, 4.69) is 25.9 Å². The van der Waals surface area contributed by atoms with Crippen molar-refractivity contribution in [2.24, 2.45) is 5.73 Å². The number of ether oxygens (including phenoxy) is 1. The van der Waals surface area contributed by atoms with Crippen molar-refractivity contribution >= 4 is 23.2 Å². The summed E-state index contributed by atoms with van der Waals surface area (Å²) >= 11 is 12.1. The minimum absolute atomic E-state index is 0.182. The van der Waals surface area contributed by atoms with E-state index in [0.29, 0.717) is 22.3 Å². The maximum Gasteiger partial charge on any atom is 0.221 e. The van der Waals surface area contributed by atoms with Crippen molar-refractivity contribution in [2.75, 3.05) is 6.54 Å². The monoisotopic (exact) mass is 341 g/mol. The van der Waals surface area contributed by atoms with Crippen LogP contribution in [0.15, 0.2) is 18.2 Å². The molecule has 0 saturated carbocycles. The summed E-state index contributed by atoms with van der Waals surface area (Å²) in [5, 5.41) is 5.74. The first-order valence-corrected chi connectivity index (χ1v) is 8.16. The van der Waals surface area contributed by atoms with Gasteiger partial charge >= 0.3 is 0 Å². The zero-order chi connectivity index (χ0) is 16.3. The van der Waals surface area contributed by atoms with Crippen LogP contribution in [0.2, 0.25) is 10.0 Å². The fourth-order valence-corrected chi connectivity index (χ4v) is 2.85. The van der Waals surface area contributed by atoms with E-state index in [9.17, 15) is 0 Å². The highest BCUT2D eigenvalue weighted by molar-refractivity contribution is 6.34. The van der Waals surface area contributed by atoms with E-state index < -0.39 is 0 Å². The lowest BCUT2D eigenvalue weighted by atomic mass is 10.1. The number of rotatable bonds is 6. The predicted octanol–water partition coefficient (Wildman–Crippen LogP) is 4.63. The number of halogens is 2. The van der Waals surface area contributed by atoms with Gasteiger partial charge in [-0.2, -0.15) is 5.10 Å². The molecule has 0 amide bonds. The van der Waals surface area contributed by atoms with Gasteiger partial charge in [0.25, 0.3) is 0 Å². The van der Waals surface area contributed by atoms with Gasteiger partial charge in [-0.3, -0.25) is 0 Å². The van der Waals surface area contributed by atoms with E-state index in [1.165, 1.54) is 0 Å². The molecule has 4 nitrogen and oxygen atoms in total. The minimum Gasteiger partial charge on any atom is -0.439 e. The molecular weight excluding hydrogens is 321 g/mol. The first-order valence-electron chi connectivity index (χ1n) is 7.40. The Balaban J connectivity index is 2.47. The van der Waals surface area contributed by atoms with Gasteiger partial charge in [0.15, 0.2) is 0 Å². The van der Waals surface area contributed by atoms with Crippen molar-refractivity contribution in [1.29, 1.82) is 0 Å². The van der Waals surface area contributed by atoms with E-state index in [-0.39, 0.29) is 6.04 Å². The van der Waals surface area contributed by atoms with Gasteiger partial charge in [0.2, 0.25) is 5.88 Å². The van der Waals surface area contributed by atoms with Gasteiger partial charge in [-0.05, 0) is 45.0 Å². The second kappa shape index (κ2) is 7.36. The number of benzene rings is 1. The van der Waals surface area contributed by atoms with Crippen LogP contribution in [0.3, 0.4) is 0 Å². The lowest BCUT2D eigenvalue weighted by molar-refractivity contribution is 0.385. The molecule has 0 radical (unpaired) electrons. The maximum atomic E-state index is 6.07. The van der Waals surface area contributed by atoms with Gasteiger partial charge in [0.05, 0.1) is 11.7 Å². The summed E-state index contributed by atoms with van der Waals surface area (Å²) in [4.78, 5) is 0. The highest BCUT2D eigenvalue weighted by Crippen LogP contribution is 2.33. The lowest BCUT2D eigenvalue weighted by Crippen LogP contribution is -2.07. The van der Waals surface area contributed by atoms with Gasteiger partial charge in [-0.1, -0.05) is 30.1 Å². The number of nitrogens with zero attached hydrogens (tertiary/aromatic N) is 2. The van der Waals surface area contributed by atoms with E-state index in [1.807, 2.05) is 4.68 Å². The number of nitrogens with two attached hydrogens (primary N) is 1. The van der Waals surface area contributed by atoms with Crippen molar-refractivity contribution in [3.63, 3.8) is 0 Å². The molecule has 0 spiro atoms. The second-order valence-corrected chi connectivity index (χ2v) is 6.24. The van der Waals surface area contributed by atoms with Crippen LogP contribution < -0.4 is 10.5 Å². The zero-order valence-corrected chi connectivity index (χ0v) is 14.6. The standard InChI is InChI=1S/C16H21Cl2N3O/c1-4-14-15(5-6-19)20-21(10(2)3)16(14)22-13-8-11(17)7-12(18)9-13/h7-10H,4-6,19H2,1-3H3. The van der Waals surface area contributed by atoms with Crippen molar-refractivity contribution in [2.45, 2.75) is 39.7 Å². The van der Waals surface area contributed by atoms with Crippen LogP contribution in [0.1, 0.15) is 38.1 Å². The molecule has 120 valence electrons. The summed E-state index contributed by atoms with van der Waals surface area (Å²) in [5.74, 6) is 1.34. The van der Waals surface area contributed by atoms with Crippen LogP contribution in [-0.2, 0) is 12.8 Å². The van der Waals surface area contributed by atoms with Gasteiger partial charge in [0, 0.05) is 22.0 Å². The van der Waals surface area contributed by atoms with E-state index in [1.54, 1.807) is 18.2 Å². The van der Waals surface area contributed by atoms with E-state index in [0.717, 1.165) is 30.0 Å². The maximum absolute atomic E-state index is 6.07. The van der Waals surface area contributed by atoms with Gasteiger partial charge in [-0.15, -0.1) is 0 Å². The largest absolute Gasteiger partial charge is 0.439 e. The molecule has 0 saturated heterocycles. The average Bonchev–Trinajstić information content (AvgIpc) is 2.76. The van der Waals surface area contributed by atoms with Crippen LogP contribution in [0.5, 0.6) is 11.6 Å². The highest BCUT2D eigenvalue weighted by Gasteiger charge is 2.20. The second-order valence-electron chi connectivity index (χ2n) is 5.37. The summed E-state index contributed by atoms with van der Waals surface area (Å²) in [6.45, 7) is 6.77. The zero-order valence-electron chi connectivity index (χ0n) is 13.1. The molecule has 0 unspecified atom stereocenters. The van der Waals surface area contributed by atoms with Crippen molar-refractivity contribution in [3.8, 4) is 11.6 Å². The smallest absolute Gasteiger partial charge is 0.221 e. The quantitative estimate of drug-likeness (QED) is 0.833. The van der Waals surface area contributed by atoms with Gasteiger partial charge in [0.1, 0.15) is 5.75 Å². The molecule has 2 rings (SSSR count). The third-order valence-electron chi connectivity index (χ3n) is 3.32. The van der Waals surface area contributed by atoms with Crippen LogP contribution in [0, 0.1) is 0 Å². The van der Waals surface area contributed by atoms with Crippen LogP contribution in [0.25, 0.3) is 0 Å². The van der Waals surface area contributed by atoms with Gasteiger partial charge in [-0.25, -0.2) is 4.68 Å². The summed E-state index contributed by atoms with van der Waals surface area (Å²) in [6.07, 6.45) is 1.56.